The van der Waals surface area contributed by atoms with Gasteiger partial charge < -0.3 is 9.53 Å². The molecule has 37 heavy (non-hydrogen) atoms. The average Bonchev–Trinajstić information content (AvgIpc) is 3.15. The first-order valence-corrected chi connectivity index (χ1v) is 18.1. The molecule has 2 saturated carbocycles. The van der Waals surface area contributed by atoms with Gasteiger partial charge in [-0.05, 0) is 111 Å². The van der Waals surface area contributed by atoms with E-state index < -0.39 is 13.9 Å². The summed E-state index contributed by atoms with van der Waals surface area (Å²) in [5, 5.41) is 12.7. The highest BCUT2D eigenvalue weighted by molar-refractivity contribution is 6.74. The summed E-state index contributed by atoms with van der Waals surface area (Å²) in [5.41, 5.74) is -0.496. The first kappa shape index (κ1) is 32.4. The Balaban J connectivity index is 2.22. The van der Waals surface area contributed by atoms with Gasteiger partial charge in [0, 0.05) is 13.0 Å². The molecular weight excluding hydrogens is 468 g/mol. The zero-order chi connectivity index (χ0) is 28.1. The van der Waals surface area contributed by atoms with E-state index in [1.54, 1.807) is 0 Å². The van der Waals surface area contributed by atoms with Gasteiger partial charge in [-0.25, -0.2) is 0 Å². The Morgan fingerprint density at radius 3 is 2.41 bits per heavy atom. The summed E-state index contributed by atoms with van der Waals surface area (Å²) in [6.45, 7) is 28.0. The SMILES string of the molecule is C=CC[C@@]1(O)C2CC[C@H]([C@H](C)CO[Si](C)(C)C(C)(C)C)[C@@]2(C)CC[C@H]1C[C@H](CC#CC)C/C=C/C(C)C. The van der Waals surface area contributed by atoms with Gasteiger partial charge in [-0.1, -0.05) is 66.7 Å². The summed E-state index contributed by atoms with van der Waals surface area (Å²) in [6, 6.07) is 0. The molecule has 0 amide bonds. The van der Waals surface area contributed by atoms with E-state index >= 15 is 0 Å². The summed E-state index contributed by atoms with van der Waals surface area (Å²) in [6.07, 6.45) is 15.0. The molecule has 7 atom stereocenters. The topological polar surface area (TPSA) is 29.5 Å². The molecule has 0 aromatic rings. The van der Waals surface area contributed by atoms with E-state index in [4.69, 9.17) is 4.43 Å². The minimum absolute atomic E-state index is 0.167. The third-order valence-corrected chi connectivity index (χ3v) is 15.1. The monoisotopic (exact) mass is 528 g/mol. The van der Waals surface area contributed by atoms with Crippen molar-refractivity contribution in [3.8, 4) is 11.8 Å². The standard InChI is InChI=1S/C34H60O2Si/c1-12-14-17-28(18-15-16-26(3)4)24-29-21-23-33(9)30(19-20-31(33)34(29,35)22-13-2)27(5)25-36-37(10,11)32(6,7)8/h13,15-16,26-31,35H,2,17-25H2,1,3-11H3/b16-15+/t27-,28-,29+,30-,31?,33-,34+/m1/s1. The summed E-state index contributed by atoms with van der Waals surface area (Å²) >= 11 is 0. The zero-order valence-electron chi connectivity index (χ0n) is 26.1. The highest BCUT2D eigenvalue weighted by Crippen LogP contribution is 2.63. The maximum Gasteiger partial charge on any atom is 0.191 e. The van der Waals surface area contributed by atoms with E-state index in [9.17, 15) is 5.11 Å². The molecule has 0 aromatic heterocycles. The fraction of sp³-hybridized carbons (Fsp3) is 0.824. The molecule has 2 fully saturated rings. The van der Waals surface area contributed by atoms with Gasteiger partial charge in [-0.3, -0.25) is 0 Å². The average molecular weight is 529 g/mol. The molecule has 3 heteroatoms. The van der Waals surface area contributed by atoms with E-state index in [0.29, 0.717) is 41.9 Å². The Morgan fingerprint density at radius 2 is 1.84 bits per heavy atom. The zero-order valence-corrected chi connectivity index (χ0v) is 27.1. The predicted molar refractivity (Wildman–Crippen MR) is 164 cm³/mol. The van der Waals surface area contributed by atoms with Crippen LogP contribution < -0.4 is 0 Å². The fourth-order valence-electron chi connectivity index (χ4n) is 7.39. The van der Waals surface area contributed by atoms with Crippen molar-refractivity contribution in [1.29, 1.82) is 0 Å². The van der Waals surface area contributed by atoms with E-state index in [-0.39, 0.29) is 10.5 Å². The van der Waals surface area contributed by atoms with Crippen LogP contribution in [0, 0.1) is 52.8 Å². The van der Waals surface area contributed by atoms with Gasteiger partial charge >= 0.3 is 0 Å². The van der Waals surface area contributed by atoms with Crippen molar-refractivity contribution in [3.05, 3.63) is 24.8 Å². The van der Waals surface area contributed by atoms with Gasteiger partial charge in [-0.15, -0.1) is 18.4 Å². The largest absolute Gasteiger partial charge is 0.417 e. The molecule has 0 saturated heterocycles. The Bertz CT molecular complexity index is 825. The third-order valence-electron chi connectivity index (χ3n) is 10.6. The van der Waals surface area contributed by atoms with Crippen molar-refractivity contribution in [2.75, 3.05) is 6.61 Å². The van der Waals surface area contributed by atoms with E-state index in [0.717, 1.165) is 38.7 Å². The van der Waals surface area contributed by atoms with Crippen molar-refractivity contribution in [2.45, 2.75) is 130 Å². The minimum Gasteiger partial charge on any atom is -0.417 e. The van der Waals surface area contributed by atoms with Gasteiger partial charge in [0.1, 0.15) is 0 Å². The summed E-state index contributed by atoms with van der Waals surface area (Å²) in [5.74, 6) is 9.31. The number of hydrogen-bond acceptors (Lipinski definition) is 2. The van der Waals surface area contributed by atoms with Crippen LogP contribution in [0.15, 0.2) is 24.8 Å². The number of rotatable bonds is 12. The number of fused-ring (bicyclic) bond motifs is 1. The van der Waals surface area contributed by atoms with E-state index in [1.807, 2.05) is 13.0 Å². The molecule has 212 valence electrons. The molecule has 1 N–H and O–H groups in total. The van der Waals surface area contributed by atoms with Gasteiger partial charge in [-0.2, -0.15) is 0 Å². The molecule has 0 heterocycles. The molecule has 0 aromatic carbocycles. The number of allylic oxidation sites excluding steroid dienone is 2. The van der Waals surface area contributed by atoms with E-state index in [2.05, 4.69) is 92.1 Å². The predicted octanol–water partition coefficient (Wildman–Crippen LogP) is 9.42. The first-order valence-electron chi connectivity index (χ1n) is 15.2. The second-order valence-electron chi connectivity index (χ2n) is 14.7. The van der Waals surface area contributed by atoms with Crippen molar-refractivity contribution in [2.24, 2.45) is 40.9 Å². The highest BCUT2D eigenvalue weighted by Gasteiger charge is 2.60. The Labute approximate surface area is 232 Å². The van der Waals surface area contributed by atoms with E-state index in [1.165, 1.54) is 12.8 Å². The van der Waals surface area contributed by atoms with Crippen LogP contribution in [-0.4, -0.2) is 25.6 Å². The molecule has 1 unspecified atom stereocenters. The second-order valence-corrected chi connectivity index (χ2v) is 19.5. The van der Waals surface area contributed by atoms with Crippen LogP contribution in [0.2, 0.25) is 18.1 Å². The molecule has 2 aliphatic carbocycles. The maximum atomic E-state index is 12.5. The van der Waals surface area contributed by atoms with Gasteiger partial charge in [0.25, 0.3) is 0 Å². The number of aliphatic hydroxyl groups is 1. The Hall–Kier alpha value is -0.823. The fourth-order valence-corrected chi connectivity index (χ4v) is 8.50. The molecule has 2 aliphatic rings. The lowest BCUT2D eigenvalue weighted by atomic mass is 9.53. The van der Waals surface area contributed by atoms with Crippen molar-refractivity contribution < 1.29 is 9.53 Å². The van der Waals surface area contributed by atoms with Gasteiger partial charge in [0.15, 0.2) is 8.32 Å². The lowest BCUT2D eigenvalue weighted by Gasteiger charge is -2.55. The van der Waals surface area contributed by atoms with Gasteiger partial charge in [0.2, 0.25) is 0 Å². The van der Waals surface area contributed by atoms with Crippen LogP contribution in [0.5, 0.6) is 0 Å². The maximum absolute atomic E-state index is 12.5. The molecule has 2 nitrogen and oxygen atoms in total. The van der Waals surface area contributed by atoms with Crippen LogP contribution in [0.1, 0.15) is 107 Å². The normalized spacial score (nSPS) is 32.2. The molecule has 0 spiro atoms. The summed E-state index contributed by atoms with van der Waals surface area (Å²) < 4.78 is 6.70. The van der Waals surface area contributed by atoms with Crippen molar-refractivity contribution in [3.63, 3.8) is 0 Å². The molecule has 2 rings (SSSR count). The lowest BCUT2D eigenvalue weighted by molar-refractivity contribution is -0.151. The molecule has 0 radical (unpaired) electrons. The highest BCUT2D eigenvalue weighted by atomic mass is 28.4. The summed E-state index contributed by atoms with van der Waals surface area (Å²) in [4.78, 5) is 0. The second kappa shape index (κ2) is 13.0. The molecule has 0 bridgehead atoms. The quantitative estimate of drug-likeness (QED) is 0.155. The first-order chi connectivity index (χ1) is 17.1. The Kier molecular flexibility index (Phi) is 11.4. The Morgan fingerprint density at radius 1 is 1.16 bits per heavy atom. The van der Waals surface area contributed by atoms with Crippen LogP contribution in [0.4, 0.5) is 0 Å². The van der Waals surface area contributed by atoms with Crippen molar-refractivity contribution in [1.82, 2.24) is 0 Å². The smallest absolute Gasteiger partial charge is 0.191 e. The van der Waals surface area contributed by atoms with Crippen LogP contribution in [0.25, 0.3) is 0 Å². The van der Waals surface area contributed by atoms with Crippen LogP contribution >= 0.6 is 0 Å². The lowest BCUT2D eigenvalue weighted by Crippen LogP contribution is -2.55. The third kappa shape index (κ3) is 7.64. The summed E-state index contributed by atoms with van der Waals surface area (Å²) in [7, 11) is -1.77. The number of hydrogen-bond donors (Lipinski definition) is 1. The van der Waals surface area contributed by atoms with Crippen molar-refractivity contribution >= 4 is 8.32 Å². The minimum atomic E-state index is -1.77. The molecular formula is C34H60O2Si. The van der Waals surface area contributed by atoms with Crippen LogP contribution in [-0.2, 0) is 4.43 Å². The molecule has 0 aliphatic heterocycles. The van der Waals surface area contributed by atoms with Crippen LogP contribution in [0.3, 0.4) is 0 Å². The van der Waals surface area contributed by atoms with Gasteiger partial charge in [0.05, 0.1) is 5.60 Å².